The molecular weight excluding hydrogens is 330 g/mol. The Labute approximate surface area is 141 Å². The van der Waals surface area contributed by atoms with E-state index >= 15 is 0 Å². The van der Waals surface area contributed by atoms with Gasteiger partial charge in [0.15, 0.2) is 0 Å². The molecule has 24 heavy (non-hydrogen) atoms. The first-order chi connectivity index (χ1) is 11.5. The zero-order chi connectivity index (χ0) is 17.4. The minimum absolute atomic E-state index is 0.134. The fourth-order valence-electron chi connectivity index (χ4n) is 1.93. The van der Waals surface area contributed by atoms with Gasteiger partial charge in [-0.2, -0.15) is 0 Å². The van der Waals surface area contributed by atoms with Crippen molar-refractivity contribution in [3.63, 3.8) is 0 Å². The lowest BCUT2D eigenvalue weighted by Gasteiger charge is -2.09. The van der Waals surface area contributed by atoms with Gasteiger partial charge in [0.2, 0.25) is 10.0 Å². The molecule has 128 valence electrons. The predicted octanol–water partition coefficient (Wildman–Crippen LogP) is 2.11. The van der Waals surface area contributed by atoms with Crippen molar-refractivity contribution in [3.8, 4) is 5.75 Å². The van der Waals surface area contributed by atoms with Crippen LogP contribution in [0.3, 0.4) is 0 Å². The number of hydrogen-bond donors (Lipinski definition) is 1. The molecule has 2 aromatic rings. The zero-order valence-corrected chi connectivity index (χ0v) is 14.1. The Morgan fingerprint density at radius 3 is 2.33 bits per heavy atom. The first-order valence-electron chi connectivity index (χ1n) is 7.34. The Morgan fingerprint density at radius 2 is 1.71 bits per heavy atom. The molecule has 0 aliphatic heterocycles. The van der Waals surface area contributed by atoms with Crippen LogP contribution in [-0.4, -0.2) is 28.1 Å². The largest absolute Gasteiger partial charge is 0.493 e. The molecule has 0 radical (unpaired) electrons. The van der Waals surface area contributed by atoms with Crippen molar-refractivity contribution in [1.29, 1.82) is 0 Å². The van der Waals surface area contributed by atoms with Gasteiger partial charge < -0.3 is 9.47 Å². The molecule has 0 saturated heterocycles. The number of ether oxygens (including phenoxy) is 2. The number of hydrogen-bond acceptors (Lipinski definition) is 5. The van der Waals surface area contributed by atoms with Crippen LogP contribution >= 0.6 is 0 Å². The van der Waals surface area contributed by atoms with E-state index in [1.807, 2.05) is 30.3 Å². The Hall–Kier alpha value is -2.38. The molecule has 7 heteroatoms. The van der Waals surface area contributed by atoms with Gasteiger partial charge in [-0.25, -0.2) is 13.1 Å². The van der Waals surface area contributed by atoms with Crippen molar-refractivity contribution in [1.82, 2.24) is 4.72 Å². The molecule has 0 unspecified atom stereocenters. The number of rotatable bonds is 8. The normalized spacial score (nSPS) is 11.0. The molecule has 2 rings (SSSR count). The van der Waals surface area contributed by atoms with E-state index in [0.717, 1.165) is 5.56 Å². The molecule has 0 aliphatic rings. The quantitative estimate of drug-likeness (QED) is 0.738. The minimum atomic E-state index is -3.59. The van der Waals surface area contributed by atoms with Crippen LogP contribution in [0.1, 0.15) is 12.0 Å². The van der Waals surface area contributed by atoms with Crippen LogP contribution in [0.5, 0.6) is 5.75 Å². The lowest BCUT2D eigenvalue weighted by Crippen LogP contribution is -2.23. The number of carbonyl (C=O) groups excluding carboxylic acids is 1. The summed E-state index contributed by atoms with van der Waals surface area (Å²) in [5.41, 5.74) is 0.879. The molecule has 0 aromatic heterocycles. The van der Waals surface area contributed by atoms with Crippen LogP contribution in [0.4, 0.5) is 0 Å². The lowest BCUT2D eigenvalue weighted by atomic mass is 10.2. The van der Waals surface area contributed by atoms with Crippen LogP contribution in [-0.2, 0) is 26.1 Å². The van der Waals surface area contributed by atoms with Crippen LogP contribution < -0.4 is 9.46 Å². The molecule has 0 amide bonds. The third kappa shape index (κ3) is 5.36. The van der Waals surface area contributed by atoms with Gasteiger partial charge in [-0.05, 0) is 29.8 Å². The highest BCUT2D eigenvalue weighted by Crippen LogP contribution is 2.16. The Balaban J connectivity index is 1.92. The molecule has 0 bridgehead atoms. The fraction of sp³-hybridized carbons (Fsp3) is 0.235. The minimum Gasteiger partial charge on any atom is -0.493 e. The predicted molar refractivity (Wildman–Crippen MR) is 89.0 cm³/mol. The van der Waals surface area contributed by atoms with Gasteiger partial charge in [0.25, 0.3) is 0 Å². The second kappa shape index (κ2) is 8.47. The summed E-state index contributed by atoms with van der Waals surface area (Å²) in [7, 11) is -2.28. The number of carbonyl (C=O) groups is 1. The molecular formula is C17H19NO5S. The monoisotopic (exact) mass is 349 g/mol. The van der Waals surface area contributed by atoms with Crippen LogP contribution in [0.15, 0.2) is 59.5 Å². The molecule has 1 N–H and O–H groups in total. The van der Waals surface area contributed by atoms with Gasteiger partial charge >= 0.3 is 5.97 Å². The Bertz CT molecular complexity index is 757. The second-order valence-electron chi connectivity index (χ2n) is 4.96. The molecule has 0 aliphatic carbocycles. The lowest BCUT2D eigenvalue weighted by molar-refractivity contribution is -0.141. The number of esters is 1. The standard InChI is InChI=1S/C17H19NO5S/c1-22-17(19)11-12-23-15-7-9-16(10-8-15)24(20,21)18-13-14-5-3-2-4-6-14/h2-10,18H,11-13H2,1H3. The van der Waals surface area contributed by atoms with Gasteiger partial charge in [-0.3, -0.25) is 4.79 Å². The smallest absolute Gasteiger partial charge is 0.308 e. The van der Waals surface area contributed by atoms with Crippen molar-refractivity contribution in [3.05, 3.63) is 60.2 Å². The summed E-state index contributed by atoms with van der Waals surface area (Å²) in [6.07, 6.45) is 0.134. The summed E-state index contributed by atoms with van der Waals surface area (Å²) in [6.45, 7) is 0.394. The number of methoxy groups -OCH3 is 1. The van der Waals surface area contributed by atoms with Gasteiger partial charge in [0.1, 0.15) is 5.75 Å². The highest BCUT2D eigenvalue weighted by atomic mass is 32.2. The first kappa shape index (κ1) is 18.0. The number of sulfonamides is 1. The van der Waals surface area contributed by atoms with E-state index in [9.17, 15) is 13.2 Å². The SMILES string of the molecule is COC(=O)CCOc1ccc(S(=O)(=O)NCc2ccccc2)cc1. The van der Waals surface area contributed by atoms with E-state index in [1.54, 1.807) is 12.1 Å². The topological polar surface area (TPSA) is 81.7 Å². The highest BCUT2D eigenvalue weighted by molar-refractivity contribution is 7.89. The van der Waals surface area contributed by atoms with Crippen LogP contribution in [0.2, 0.25) is 0 Å². The van der Waals surface area contributed by atoms with E-state index in [2.05, 4.69) is 9.46 Å². The average molecular weight is 349 g/mol. The molecule has 0 saturated carbocycles. The van der Waals surface area contributed by atoms with Gasteiger partial charge in [0, 0.05) is 6.54 Å². The van der Waals surface area contributed by atoms with Gasteiger partial charge in [0.05, 0.1) is 25.0 Å². The Kier molecular flexibility index (Phi) is 6.34. The average Bonchev–Trinajstić information content (AvgIpc) is 2.61. The second-order valence-corrected chi connectivity index (χ2v) is 6.72. The molecule has 0 heterocycles. The van der Waals surface area contributed by atoms with Crippen LogP contribution in [0, 0.1) is 0 Å². The van der Waals surface area contributed by atoms with E-state index in [-0.39, 0.29) is 30.4 Å². The maximum Gasteiger partial charge on any atom is 0.308 e. The van der Waals surface area contributed by atoms with Crippen molar-refractivity contribution in [2.24, 2.45) is 0 Å². The fourth-order valence-corrected chi connectivity index (χ4v) is 2.94. The van der Waals surface area contributed by atoms with Crippen molar-refractivity contribution < 1.29 is 22.7 Å². The molecule has 0 spiro atoms. The van der Waals surface area contributed by atoms with Gasteiger partial charge in [-0.15, -0.1) is 0 Å². The summed E-state index contributed by atoms with van der Waals surface area (Å²) in [6, 6.07) is 15.3. The Morgan fingerprint density at radius 1 is 1.04 bits per heavy atom. The molecule has 0 atom stereocenters. The van der Waals surface area contributed by atoms with Crippen molar-refractivity contribution in [2.75, 3.05) is 13.7 Å². The zero-order valence-electron chi connectivity index (χ0n) is 13.3. The number of nitrogens with one attached hydrogen (secondary N) is 1. The summed E-state index contributed by atoms with van der Waals surface area (Å²) < 4.78 is 36.9. The maximum atomic E-state index is 12.2. The van der Waals surface area contributed by atoms with Gasteiger partial charge in [-0.1, -0.05) is 30.3 Å². The van der Waals surface area contributed by atoms with E-state index in [0.29, 0.717) is 5.75 Å². The molecule has 6 nitrogen and oxygen atoms in total. The number of benzene rings is 2. The summed E-state index contributed by atoms with van der Waals surface area (Å²) in [4.78, 5) is 11.1. The van der Waals surface area contributed by atoms with Crippen molar-refractivity contribution >= 4 is 16.0 Å². The van der Waals surface area contributed by atoms with Crippen LogP contribution in [0.25, 0.3) is 0 Å². The van der Waals surface area contributed by atoms with E-state index < -0.39 is 10.0 Å². The molecule has 0 fully saturated rings. The third-order valence-electron chi connectivity index (χ3n) is 3.25. The van der Waals surface area contributed by atoms with E-state index in [4.69, 9.17) is 4.74 Å². The third-order valence-corrected chi connectivity index (χ3v) is 4.66. The maximum absolute atomic E-state index is 12.2. The highest BCUT2D eigenvalue weighted by Gasteiger charge is 2.13. The van der Waals surface area contributed by atoms with E-state index in [1.165, 1.54) is 19.2 Å². The summed E-state index contributed by atoms with van der Waals surface area (Å²) >= 11 is 0. The summed E-state index contributed by atoms with van der Waals surface area (Å²) in [5.74, 6) is 0.125. The molecule has 2 aromatic carbocycles. The van der Waals surface area contributed by atoms with Crippen molar-refractivity contribution in [2.45, 2.75) is 17.9 Å². The summed E-state index contributed by atoms with van der Waals surface area (Å²) in [5, 5.41) is 0. The first-order valence-corrected chi connectivity index (χ1v) is 8.83.